The third-order valence-electron chi connectivity index (χ3n) is 1.98. The lowest BCUT2D eigenvalue weighted by molar-refractivity contribution is -0.149. The molecule has 13 heavy (non-hydrogen) atoms. The van der Waals surface area contributed by atoms with Crippen LogP contribution in [0.5, 0.6) is 0 Å². The summed E-state index contributed by atoms with van der Waals surface area (Å²) in [6, 6.07) is -0.0192. The number of hydrogen-bond acceptors (Lipinski definition) is 3. The van der Waals surface area contributed by atoms with Crippen molar-refractivity contribution in [2.75, 3.05) is 6.61 Å². The quantitative estimate of drug-likeness (QED) is 0.636. The topological polar surface area (TPSA) is 75.6 Å². The lowest BCUT2D eigenvalue weighted by Gasteiger charge is -2.12. The number of hydrogen-bond donors (Lipinski definition) is 2. The van der Waals surface area contributed by atoms with E-state index in [0.29, 0.717) is 6.42 Å². The van der Waals surface area contributed by atoms with Gasteiger partial charge in [-0.25, -0.2) is 4.79 Å². The highest BCUT2D eigenvalue weighted by atomic mass is 16.5. The van der Waals surface area contributed by atoms with Gasteiger partial charge in [0, 0.05) is 6.42 Å². The first kappa shape index (κ1) is 9.98. The van der Waals surface area contributed by atoms with Gasteiger partial charge < -0.3 is 15.2 Å². The molecule has 2 atom stereocenters. The first-order chi connectivity index (χ1) is 6.09. The van der Waals surface area contributed by atoms with Gasteiger partial charge in [-0.2, -0.15) is 0 Å². The Kier molecular flexibility index (Phi) is 3.25. The minimum absolute atomic E-state index is 0.0107. The van der Waals surface area contributed by atoms with E-state index in [4.69, 9.17) is 9.84 Å². The summed E-state index contributed by atoms with van der Waals surface area (Å²) >= 11 is 0. The second kappa shape index (κ2) is 4.23. The predicted molar refractivity (Wildman–Crippen MR) is 44.2 cm³/mol. The van der Waals surface area contributed by atoms with Crippen molar-refractivity contribution in [1.82, 2.24) is 5.32 Å². The van der Waals surface area contributed by atoms with Crippen molar-refractivity contribution in [3.63, 3.8) is 0 Å². The van der Waals surface area contributed by atoms with Crippen LogP contribution in [0.1, 0.15) is 19.8 Å². The van der Waals surface area contributed by atoms with E-state index in [1.807, 2.05) is 0 Å². The van der Waals surface area contributed by atoms with E-state index < -0.39 is 12.1 Å². The maximum atomic E-state index is 10.7. The van der Waals surface area contributed by atoms with Crippen LogP contribution in [0.15, 0.2) is 0 Å². The van der Waals surface area contributed by atoms with Crippen molar-refractivity contribution in [3.8, 4) is 0 Å². The molecule has 0 aromatic carbocycles. The molecule has 0 radical (unpaired) electrons. The van der Waals surface area contributed by atoms with Gasteiger partial charge in [0.25, 0.3) is 0 Å². The SMILES string of the molecule is C[C@H](OCC1CCC(=O)N1)C(=O)O. The van der Waals surface area contributed by atoms with Crippen molar-refractivity contribution in [2.45, 2.75) is 31.9 Å². The number of amides is 1. The highest BCUT2D eigenvalue weighted by Crippen LogP contribution is 2.07. The summed E-state index contributed by atoms with van der Waals surface area (Å²) in [7, 11) is 0. The average Bonchev–Trinajstić information content (AvgIpc) is 2.47. The number of carboxylic acids is 1. The molecular weight excluding hydrogens is 174 g/mol. The molecular formula is C8H13NO4. The molecule has 1 saturated heterocycles. The third kappa shape index (κ3) is 3.02. The maximum Gasteiger partial charge on any atom is 0.332 e. The van der Waals surface area contributed by atoms with E-state index in [1.165, 1.54) is 6.92 Å². The largest absolute Gasteiger partial charge is 0.479 e. The van der Waals surface area contributed by atoms with E-state index in [0.717, 1.165) is 6.42 Å². The number of rotatable bonds is 4. The van der Waals surface area contributed by atoms with Crippen molar-refractivity contribution in [3.05, 3.63) is 0 Å². The number of carbonyl (C=O) groups is 2. The van der Waals surface area contributed by atoms with Crippen molar-refractivity contribution in [1.29, 1.82) is 0 Å². The molecule has 1 rings (SSSR count). The summed E-state index contributed by atoms with van der Waals surface area (Å²) in [4.78, 5) is 21.1. The number of aliphatic carboxylic acids is 1. The molecule has 1 amide bonds. The fraction of sp³-hybridized carbons (Fsp3) is 0.750. The Labute approximate surface area is 76.1 Å². The molecule has 0 aromatic heterocycles. The van der Waals surface area contributed by atoms with Crippen LogP contribution in [-0.2, 0) is 14.3 Å². The van der Waals surface area contributed by atoms with Gasteiger partial charge in [0.2, 0.25) is 5.91 Å². The van der Waals surface area contributed by atoms with Crippen LogP contribution in [0.25, 0.3) is 0 Å². The lowest BCUT2D eigenvalue weighted by Crippen LogP contribution is -2.32. The average molecular weight is 187 g/mol. The second-order valence-electron chi connectivity index (χ2n) is 3.12. The summed E-state index contributed by atoms with van der Waals surface area (Å²) in [5.41, 5.74) is 0. The van der Waals surface area contributed by atoms with Gasteiger partial charge in [0.1, 0.15) is 0 Å². The Morgan fingerprint density at radius 3 is 3.00 bits per heavy atom. The summed E-state index contributed by atoms with van der Waals surface area (Å²) < 4.78 is 5.02. The Balaban J connectivity index is 2.19. The van der Waals surface area contributed by atoms with Gasteiger partial charge in [-0.3, -0.25) is 4.79 Å². The molecule has 1 aliphatic heterocycles. The molecule has 0 saturated carbocycles. The molecule has 0 aliphatic carbocycles. The normalized spacial score (nSPS) is 24.1. The molecule has 1 heterocycles. The Hall–Kier alpha value is -1.10. The van der Waals surface area contributed by atoms with Gasteiger partial charge in [-0.15, -0.1) is 0 Å². The fourth-order valence-electron chi connectivity index (χ4n) is 1.13. The van der Waals surface area contributed by atoms with Crippen LogP contribution in [0.4, 0.5) is 0 Å². The van der Waals surface area contributed by atoms with Crippen LogP contribution in [-0.4, -0.2) is 35.7 Å². The minimum atomic E-state index is -0.982. The third-order valence-corrected chi connectivity index (χ3v) is 1.98. The van der Waals surface area contributed by atoms with Crippen LogP contribution in [0.2, 0.25) is 0 Å². The summed E-state index contributed by atoms with van der Waals surface area (Å²) in [6.07, 6.45) is 0.429. The first-order valence-corrected chi connectivity index (χ1v) is 4.23. The Bertz CT molecular complexity index is 216. The summed E-state index contributed by atoms with van der Waals surface area (Å²) in [5.74, 6) is -0.971. The Morgan fingerprint density at radius 1 is 1.85 bits per heavy atom. The summed E-state index contributed by atoms with van der Waals surface area (Å²) in [6.45, 7) is 1.75. The standard InChI is InChI=1S/C8H13NO4/c1-5(8(11)12)13-4-6-2-3-7(10)9-6/h5-6H,2-4H2,1H3,(H,9,10)(H,11,12)/t5-,6?/m0/s1. The van der Waals surface area contributed by atoms with E-state index in [1.54, 1.807) is 0 Å². The second-order valence-corrected chi connectivity index (χ2v) is 3.12. The molecule has 1 unspecified atom stereocenters. The molecule has 2 N–H and O–H groups in total. The molecule has 5 nitrogen and oxygen atoms in total. The number of carbonyl (C=O) groups excluding carboxylic acids is 1. The zero-order chi connectivity index (χ0) is 9.84. The predicted octanol–water partition coefficient (Wildman–Crippen LogP) is -0.245. The minimum Gasteiger partial charge on any atom is -0.479 e. The van der Waals surface area contributed by atoms with Gasteiger partial charge in [0.15, 0.2) is 6.10 Å². The fourth-order valence-corrected chi connectivity index (χ4v) is 1.13. The Morgan fingerprint density at radius 2 is 2.54 bits per heavy atom. The van der Waals surface area contributed by atoms with Crippen LogP contribution in [0.3, 0.4) is 0 Å². The molecule has 0 aromatic rings. The van der Waals surface area contributed by atoms with E-state index in [2.05, 4.69) is 5.32 Å². The molecule has 1 aliphatic rings. The van der Waals surface area contributed by atoms with Crippen molar-refractivity contribution >= 4 is 11.9 Å². The summed E-state index contributed by atoms with van der Waals surface area (Å²) in [5, 5.41) is 11.2. The van der Waals surface area contributed by atoms with Crippen molar-refractivity contribution in [2.24, 2.45) is 0 Å². The van der Waals surface area contributed by atoms with Gasteiger partial charge in [-0.1, -0.05) is 0 Å². The van der Waals surface area contributed by atoms with Crippen LogP contribution in [0, 0.1) is 0 Å². The zero-order valence-electron chi connectivity index (χ0n) is 7.45. The highest BCUT2D eigenvalue weighted by molar-refractivity contribution is 5.78. The van der Waals surface area contributed by atoms with E-state index in [-0.39, 0.29) is 18.6 Å². The van der Waals surface area contributed by atoms with E-state index in [9.17, 15) is 9.59 Å². The maximum absolute atomic E-state index is 10.7. The molecule has 1 fully saturated rings. The van der Waals surface area contributed by atoms with Crippen LogP contribution >= 0.6 is 0 Å². The molecule has 0 spiro atoms. The van der Waals surface area contributed by atoms with Gasteiger partial charge in [-0.05, 0) is 13.3 Å². The van der Waals surface area contributed by atoms with Crippen molar-refractivity contribution < 1.29 is 19.4 Å². The monoisotopic (exact) mass is 187 g/mol. The van der Waals surface area contributed by atoms with Gasteiger partial charge in [0.05, 0.1) is 12.6 Å². The first-order valence-electron chi connectivity index (χ1n) is 4.23. The smallest absolute Gasteiger partial charge is 0.332 e. The molecule has 0 bridgehead atoms. The van der Waals surface area contributed by atoms with Crippen LogP contribution < -0.4 is 5.32 Å². The number of ether oxygens (including phenoxy) is 1. The van der Waals surface area contributed by atoms with E-state index >= 15 is 0 Å². The van der Waals surface area contributed by atoms with Gasteiger partial charge >= 0.3 is 5.97 Å². The lowest BCUT2D eigenvalue weighted by atomic mass is 10.2. The molecule has 74 valence electrons. The number of carboxylic acid groups (broad SMARTS) is 1. The zero-order valence-corrected chi connectivity index (χ0v) is 7.45. The molecule has 5 heteroatoms. The number of nitrogens with one attached hydrogen (secondary N) is 1. The highest BCUT2D eigenvalue weighted by Gasteiger charge is 2.22.